The van der Waals surface area contributed by atoms with E-state index in [0.717, 1.165) is 24.9 Å². The molecule has 0 bridgehead atoms. The van der Waals surface area contributed by atoms with Crippen molar-refractivity contribution in [1.82, 2.24) is 0 Å². The Labute approximate surface area is 79.0 Å². The molecule has 70 valence electrons. The average Bonchev–Trinajstić information content (AvgIpc) is 2.19. The molecule has 0 radical (unpaired) electrons. The Hall–Kier alpha value is -1.31. The lowest BCUT2D eigenvalue weighted by Crippen LogP contribution is -1.98. The normalized spacial score (nSPS) is 9.69. The van der Waals surface area contributed by atoms with Crippen LogP contribution in [0.3, 0.4) is 0 Å². The zero-order valence-corrected chi connectivity index (χ0v) is 8.13. The van der Waals surface area contributed by atoms with Crippen LogP contribution in [0.1, 0.15) is 25.0 Å². The number of anilines is 1. The molecule has 1 rings (SSSR count). The van der Waals surface area contributed by atoms with Crippen LogP contribution in [0, 0.1) is 0 Å². The van der Waals surface area contributed by atoms with Gasteiger partial charge in [-0.3, -0.25) is 4.79 Å². The second-order valence-corrected chi connectivity index (χ2v) is 2.96. The third-order valence-corrected chi connectivity index (χ3v) is 2.17. The van der Waals surface area contributed by atoms with Gasteiger partial charge in [0, 0.05) is 5.69 Å². The summed E-state index contributed by atoms with van der Waals surface area (Å²) in [6.45, 7) is 4.21. The molecule has 0 spiro atoms. The lowest BCUT2D eigenvalue weighted by molar-refractivity contribution is -0.105. The topological polar surface area (TPSA) is 29.1 Å². The maximum atomic E-state index is 10.3. The predicted octanol–water partition coefficient (Wildman–Crippen LogP) is 2.38. The van der Waals surface area contributed by atoms with Gasteiger partial charge in [-0.2, -0.15) is 0 Å². The van der Waals surface area contributed by atoms with Gasteiger partial charge in [0.25, 0.3) is 0 Å². The standard InChI is InChI=1S/C11H15NO/c1-3-9-5-6-11(12-8-13)10(4-2)7-9/h5-8H,3-4H2,1-2H3,(H,12,13). The Morgan fingerprint density at radius 3 is 2.62 bits per heavy atom. The number of carbonyl (C=O) groups is 1. The molecule has 0 aliphatic heterocycles. The monoisotopic (exact) mass is 177 g/mol. The van der Waals surface area contributed by atoms with Gasteiger partial charge in [0.05, 0.1) is 0 Å². The van der Waals surface area contributed by atoms with Crippen LogP contribution < -0.4 is 5.32 Å². The number of aryl methyl sites for hydroxylation is 2. The first-order valence-corrected chi connectivity index (χ1v) is 4.63. The number of amides is 1. The van der Waals surface area contributed by atoms with Crippen LogP contribution in [0.15, 0.2) is 18.2 Å². The first kappa shape index (κ1) is 9.78. The van der Waals surface area contributed by atoms with Crippen molar-refractivity contribution in [2.75, 3.05) is 5.32 Å². The van der Waals surface area contributed by atoms with Gasteiger partial charge in [-0.15, -0.1) is 0 Å². The quantitative estimate of drug-likeness (QED) is 0.703. The highest BCUT2D eigenvalue weighted by molar-refractivity contribution is 5.73. The lowest BCUT2D eigenvalue weighted by Gasteiger charge is -2.07. The van der Waals surface area contributed by atoms with Gasteiger partial charge in [-0.25, -0.2) is 0 Å². The zero-order valence-electron chi connectivity index (χ0n) is 8.13. The molecule has 0 unspecified atom stereocenters. The number of benzene rings is 1. The van der Waals surface area contributed by atoms with Gasteiger partial charge in [0.2, 0.25) is 6.41 Å². The molecule has 0 saturated heterocycles. The molecule has 0 saturated carbocycles. The second-order valence-electron chi connectivity index (χ2n) is 2.96. The van der Waals surface area contributed by atoms with Crippen LogP contribution in [-0.2, 0) is 17.6 Å². The Morgan fingerprint density at radius 1 is 1.31 bits per heavy atom. The fourth-order valence-electron chi connectivity index (χ4n) is 1.36. The summed E-state index contributed by atoms with van der Waals surface area (Å²) in [5.74, 6) is 0. The van der Waals surface area contributed by atoms with Crippen molar-refractivity contribution in [3.8, 4) is 0 Å². The number of carbonyl (C=O) groups excluding carboxylic acids is 1. The van der Waals surface area contributed by atoms with Gasteiger partial charge in [-0.05, 0) is 30.0 Å². The highest BCUT2D eigenvalue weighted by Crippen LogP contribution is 2.17. The third-order valence-electron chi connectivity index (χ3n) is 2.17. The van der Waals surface area contributed by atoms with Gasteiger partial charge >= 0.3 is 0 Å². The van der Waals surface area contributed by atoms with E-state index in [-0.39, 0.29) is 0 Å². The van der Waals surface area contributed by atoms with E-state index in [1.807, 2.05) is 12.1 Å². The molecule has 1 amide bonds. The van der Waals surface area contributed by atoms with E-state index in [4.69, 9.17) is 0 Å². The van der Waals surface area contributed by atoms with Crippen molar-refractivity contribution in [2.24, 2.45) is 0 Å². The SMILES string of the molecule is CCc1ccc(NC=O)c(CC)c1. The maximum absolute atomic E-state index is 10.3. The molecule has 0 fully saturated rings. The van der Waals surface area contributed by atoms with E-state index in [9.17, 15) is 4.79 Å². The highest BCUT2D eigenvalue weighted by Gasteiger charge is 1.99. The van der Waals surface area contributed by atoms with E-state index in [2.05, 4.69) is 25.2 Å². The van der Waals surface area contributed by atoms with E-state index in [1.54, 1.807) is 0 Å². The summed E-state index contributed by atoms with van der Waals surface area (Å²) < 4.78 is 0. The second kappa shape index (κ2) is 4.65. The molecule has 0 aromatic heterocycles. The van der Waals surface area contributed by atoms with Crippen LogP contribution in [0.5, 0.6) is 0 Å². The smallest absolute Gasteiger partial charge is 0.211 e. The van der Waals surface area contributed by atoms with E-state index in [0.29, 0.717) is 0 Å². The molecular weight excluding hydrogens is 162 g/mol. The summed E-state index contributed by atoms with van der Waals surface area (Å²) in [5.41, 5.74) is 3.44. The Morgan fingerprint density at radius 2 is 2.08 bits per heavy atom. The summed E-state index contributed by atoms with van der Waals surface area (Å²) in [6.07, 6.45) is 2.71. The predicted molar refractivity (Wildman–Crippen MR) is 54.9 cm³/mol. The summed E-state index contributed by atoms with van der Waals surface area (Å²) in [4.78, 5) is 10.3. The summed E-state index contributed by atoms with van der Waals surface area (Å²) in [7, 11) is 0. The van der Waals surface area contributed by atoms with Gasteiger partial charge < -0.3 is 5.32 Å². The minimum atomic E-state index is 0.722. The van der Waals surface area contributed by atoms with E-state index in [1.165, 1.54) is 11.1 Å². The molecule has 2 heteroatoms. The Kier molecular flexibility index (Phi) is 3.50. The lowest BCUT2D eigenvalue weighted by atomic mass is 10.0. The maximum Gasteiger partial charge on any atom is 0.211 e. The van der Waals surface area contributed by atoms with Crippen LogP contribution in [0.2, 0.25) is 0 Å². The molecule has 0 aliphatic rings. The fraction of sp³-hybridized carbons (Fsp3) is 0.364. The van der Waals surface area contributed by atoms with Gasteiger partial charge in [-0.1, -0.05) is 26.0 Å². The van der Waals surface area contributed by atoms with Crippen molar-refractivity contribution in [3.63, 3.8) is 0 Å². The molecule has 0 atom stereocenters. The van der Waals surface area contributed by atoms with Crippen LogP contribution in [-0.4, -0.2) is 6.41 Å². The molecule has 0 aliphatic carbocycles. The van der Waals surface area contributed by atoms with Crippen molar-refractivity contribution in [1.29, 1.82) is 0 Å². The molecule has 0 heterocycles. The molecule has 13 heavy (non-hydrogen) atoms. The number of rotatable bonds is 4. The summed E-state index contributed by atoms with van der Waals surface area (Å²) in [5, 5.41) is 2.70. The average molecular weight is 177 g/mol. The third kappa shape index (κ3) is 2.31. The van der Waals surface area contributed by atoms with E-state index >= 15 is 0 Å². The Bertz CT molecular complexity index is 294. The van der Waals surface area contributed by atoms with Gasteiger partial charge in [0.1, 0.15) is 0 Å². The molecule has 2 nitrogen and oxygen atoms in total. The van der Waals surface area contributed by atoms with Crippen molar-refractivity contribution in [3.05, 3.63) is 29.3 Å². The van der Waals surface area contributed by atoms with E-state index < -0.39 is 0 Å². The molecule has 1 aromatic rings. The van der Waals surface area contributed by atoms with Gasteiger partial charge in [0.15, 0.2) is 0 Å². The van der Waals surface area contributed by atoms with Crippen molar-refractivity contribution in [2.45, 2.75) is 26.7 Å². The molecular formula is C11H15NO. The first-order chi connectivity index (χ1) is 6.31. The van der Waals surface area contributed by atoms with Crippen LogP contribution >= 0.6 is 0 Å². The number of nitrogens with one attached hydrogen (secondary N) is 1. The van der Waals surface area contributed by atoms with Crippen molar-refractivity contribution < 1.29 is 4.79 Å². The zero-order chi connectivity index (χ0) is 9.68. The number of hydrogen-bond donors (Lipinski definition) is 1. The fourth-order valence-corrected chi connectivity index (χ4v) is 1.36. The minimum Gasteiger partial charge on any atom is -0.328 e. The highest BCUT2D eigenvalue weighted by atomic mass is 16.1. The molecule has 1 aromatic carbocycles. The summed E-state index contributed by atoms with van der Waals surface area (Å²) >= 11 is 0. The Balaban J connectivity index is 3.00. The largest absolute Gasteiger partial charge is 0.328 e. The van der Waals surface area contributed by atoms with Crippen LogP contribution in [0.25, 0.3) is 0 Å². The summed E-state index contributed by atoms with van der Waals surface area (Å²) in [6, 6.07) is 6.16. The molecule has 1 N–H and O–H groups in total. The first-order valence-electron chi connectivity index (χ1n) is 4.63. The minimum absolute atomic E-state index is 0.722. The van der Waals surface area contributed by atoms with Crippen LogP contribution in [0.4, 0.5) is 5.69 Å². The van der Waals surface area contributed by atoms with Crippen molar-refractivity contribution >= 4 is 12.1 Å². The number of hydrogen-bond acceptors (Lipinski definition) is 1.